The van der Waals surface area contributed by atoms with Crippen LogP contribution in [-0.4, -0.2) is 24.1 Å². The summed E-state index contributed by atoms with van der Waals surface area (Å²) in [5.41, 5.74) is 1.16. The third-order valence-corrected chi connectivity index (χ3v) is 7.35. The second kappa shape index (κ2) is 12.0. The van der Waals surface area contributed by atoms with Crippen molar-refractivity contribution < 1.29 is 19.1 Å². The van der Waals surface area contributed by atoms with E-state index in [2.05, 4.69) is 0 Å². The minimum absolute atomic E-state index is 0.228. The van der Waals surface area contributed by atoms with Crippen LogP contribution in [0.2, 0.25) is 0 Å². The molecule has 0 saturated heterocycles. The summed E-state index contributed by atoms with van der Waals surface area (Å²) in [4.78, 5) is 25.9. The van der Waals surface area contributed by atoms with Gasteiger partial charge in [0.1, 0.15) is 12.2 Å². The molecule has 33 heavy (non-hydrogen) atoms. The molecule has 2 fully saturated rings. The summed E-state index contributed by atoms with van der Waals surface area (Å²) in [7, 11) is 0. The highest BCUT2D eigenvalue weighted by atomic mass is 16.6. The third kappa shape index (κ3) is 6.69. The van der Waals surface area contributed by atoms with Gasteiger partial charge < -0.3 is 9.47 Å². The summed E-state index contributed by atoms with van der Waals surface area (Å²) >= 11 is 0. The molecule has 2 saturated carbocycles. The van der Waals surface area contributed by atoms with Crippen molar-refractivity contribution in [2.24, 2.45) is 11.8 Å². The van der Waals surface area contributed by atoms with E-state index < -0.39 is 0 Å². The van der Waals surface area contributed by atoms with Gasteiger partial charge in [-0.25, -0.2) is 9.59 Å². The van der Waals surface area contributed by atoms with E-state index in [1.54, 1.807) is 24.3 Å². The molecule has 2 aliphatic carbocycles. The first kappa shape index (κ1) is 23.5. The molecule has 0 heterocycles. The first-order valence-electron chi connectivity index (χ1n) is 12.7. The molecule has 0 amide bonds. The molecule has 4 nitrogen and oxygen atoms in total. The molecule has 0 N–H and O–H groups in total. The van der Waals surface area contributed by atoms with E-state index >= 15 is 0 Å². The Hall–Kier alpha value is -2.62. The van der Waals surface area contributed by atoms with Gasteiger partial charge >= 0.3 is 11.9 Å². The second-order valence-corrected chi connectivity index (χ2v) is 9.65. The van der Waals surface area contributed by atoms with Gasteiger partial charge in [0, 0.05) is 6.42 Å². The quantitative estimate of drug-likeness (QED) is 0.408. The van der Waals surface area contributed by atoms with Crippen molar-refractivity contribution in [3.8, 4) is 0 Å². The molecule has 4 rings (SSSR count). The predicted octanol–water partition coefficient (Wildman–Crippen LogP) is 6.99. The maximum Gasteiger partial charge on any atom is 0.338 e. The SMILES string of the molecule is O=C(OC(CC(OC(=O)c1ccccc1)C1CCCCC1)C1CCCCC1)c1ccccc1. The molecule has 0 aromatic heterocycles. The average Bonchev–Trinajstić information content (AvgIpc) is 2.89. The molecule has 0 bridgehead atoms. The van der Waals surface area contributed by atoms with Gasteiger partial charge in [0.15, 0.2) is 0 Å². The Morgan fingerprint density at radius 1 is 0.606 bits per heavy atom. The Balaban J connectivity index is 1.52. The van der Waals surface area contributed by atoms with Crippen molar-refractivity contribution in [2.75, 3.05) is 0 Å². The molecule has 0 spiro atoms. The zero-order valence-electron chi connectivity index (χ0n) is 19.5. The lowest BCUT2D eigenvalue weighted by molar-refractivity contribution is -0.0381. The molecule has 2 aromatic rings. The van der Waals surface area contributed by atoms with Crippen LogP contribution in [0.3, 0.4) is 0 Å². The zero-order valence-corrected chi connectivity index (χ0v) is 19.5. The molecule has 4 heteroatoms. The number of carbonyl (C=O) groups excluding carboxylic acids is 2. The molecule has 0 radical (unpaired) electrons. The van der Waals surface area contributed by atoms with Crippen molar-refractivity contribution in [1.29, 1.82) is 0 Å². The highest BCUT2D eigenvalue weighted by molar-refractivity contribution is 5.90. The number of carbonyl (C=O) groups is 2. The Kier molecular flexibility index (Phi) is 8.57. The summed E-state index contributed by atoms with van der Waals surface area (Å²) in [6.45, 7) is 0. The fraction of sp³-hybridized carbons (Fsp3) is 0.517. The number of rotatable bonds is 8. The lowest BCUT2D eigenvalue weighted by atomic mass is 9.79. The van der Waals surface area contributed by atoms with E-state index in [1.807, 2.05) is 36.4 Å². The summed E-state index contributed by atoms with van der Waals surface area (Å²) < 4.78 is 12.3. The van der Waals surface area contributed by atoms with Crippen LogP contribution in [0.4, 0.5) is 0 Å². The molecular weight excluding hydrogens is 412 g/mol. The minimum Gasteiger partial charge on any atom is -0.458 e. The lowest BCUT2D eigenvalue weighted by Gasteiger charge is -2.36. The molecule has 2 unspecified atom stereocenters. The van der Waals surface area contributed by atoms with Gasteiger partial charge in [0.05, 0.1) is 11.1 Å². The van der Waals surface area contributed by atoms with Gasteiger partial charge in [-0.2, -0.15) is 0 Å². The van der Waals surface area contributed by atoms with Crippen molar-refractivity contribution in [2.45, 2.75) is 82.8 Å². The monoisotopic (exact) mass is 448 g/mol. The topological polar surface area (TPSA) is 52.6 Å². The first-order valence-corrected chi connectivity index (χ1v) is 12.7. The third-order valence-electron chi connectivity index (χ3n) is 7.35. The van der Waals surface area contributed by atoms with Gasteiger partial charge in [0.25, 0.3) is 0 Å². The van der Waals surface area contributed by atoms with Crippen LogP contribution in [0.15, 0.2) is 60.7 Å². The fourth-order valence-corrected chi connectivity index (χ4v) is 5.47. The van der Waals surface area contributed by atoms with E-state index in [0.717, 1.165) is 25.7 Å². The normalized spacial score (nSPS) is 19.4. The number of ether oxygens (including phenoxy) is 2. The van der Waals surface area contributed by atoms with Crippen LogP contribution in [0.5, 0.6) is 0 Å². The summed E-state index contributed by atoms with van der Waals surface area (Å²) in [6, 6.07) is 18.4. The minimum atomic E-state index is -0.275. The molecule has 2 aliphatic rings. The van der Waals surface area contributed by atoms with Crippen molar-refractivity contribution in [3.63, 3.8) is 0 Å². The van der Waals surface area contributed by atoms with Gasteiger partial charge in [-0.1, -0.05) is 74.9 Å². The largest absolute Gasteiger partial charge is 0.458 e. The van der Waals surface area contributed by atoms with Crippen LogP contribution in [0, 0.1) is 11.8 Å². The van der Waals surface area contributed by atoms with E-state index in [4.69, 9.17) is 9.47 Å². The van der Waals surface area contributed by atoms with Crippen molar-refractivity contribution in [3.05, 3.63) is 71.8 Å². The molecular formula is C29H36O4. The number of esters is 2. The second-order valence-electron chi connectivity index (χ2n) is 9.65. The van der Waals surface area contributed by atoms with E-state index in [-0.39, 0.29) is 24.1 Å². The van der Waals surface area contributed by atoms with Gasteiger partial charge in [-0.15, -0.1) is 0 Å². The predicted molar refractivity (Wildman–Crippen MR) is 129 cm³/mol. The highest BCUT2D eigenvalue weighted by Gasteiger charge is 2.35. The van der Waals surface area contributed by atoms with Crippen molar-refractivity contribution in [1.82, 2.24) is 0 Å². The van der Waals surface area contributed by atoms with E-state index in [1.165, 1.54) is 38.5 Å². The Morgan fingerprint density at radius 3 is 1.33 bits per heavy atom. The Morgan fingerprint density at radius 2 is 0.970 bits per heavy atom. The number of benzene rings is 2. The Labute approximate surface area is 197 Å². The lowest BCUT2D eigenvalue weighted by Crippen LogP contribution is -2.37. The van der Waals surface area contributed by atoms with Crippen LogP contribution in [-0.2, 0) is 9.47 Å². The van der Waals surface area contributed by atoms with Gasteiger partial charge in [0.2, 0.25) is 0 Å². The summed E-state index contributed by atoms with van der Waals surface area (Å²) in [5.74, 6) is 0.103. The van der Waals surface area contributed by atoms with Gasteiger partial charge in [-0.05, 0) is 61.8 Å². The number of hydrogen-bond donors (Lipinski definition) is 0. The maximum atomic E-state index is 13.0. The molecule has 2 atom stereocenters. The number of hydrogen-bond acceptors (Lipinski definition) is 4. The van der Waals surface area contributed by atoms with Crippen LogP contribution in [0.25, 0.3) is 0 Å². The molecule has 2 aromatic carbocycles. The van der Waals surface area contributed by atoms with E-state index in [9.17, 15) is 9.59 Å². The van der Waals surface area contributed by atoms with Crippen LogP contribution >= 0.6 is 0 Å². The Bertz CT molecular complexity index is 794. The average molecular weight is 449 g/mol. The standard InChI is InChI=1S/C29H36O4/c30-28(24-17-9-3-10-18-24)32-26(22-13-5-1-6-14-22)21-27(23-15-7-2-8-16-23)33-29(31)25-19-11-4-12-20-25/h3-4,9-12,17-20,22-23,26-27H,1-2,5-8,13-16,21H2. The zero-order chi connectivity index (χ0) is 22.9. The fourth-order valence-electron chi connectivity index (χ4n) is 5.47. The molecule has 176 valence electrons. The summed E-state index contributed by atoms with van der Waals surface area (Å²) in [5, 5.41) is 0. The van der Waals surface area contributed by atoms with Gasteiger partial charge in [-0.3, -0.25) is 0 Å². The van der Waals surface area contributed by atoms with Crippen LogP contribution < -0.4 is 0 Å². The van der Waals surface area contributed by atoms with Crippen molar-refractivity contribution >= 4 is 11.9 Å². The first-order chi connectivity index (χ1) is 16.2. The highest BCUT2D eigenvalue weighted by Crippen LogP contribution is 2.36. The molecule has 0 aliphatic heterocycles. The maximum absolute atomic E-state index is 13.0. The summed E-state index contributed by atoms with van der Waals surface area (Å²) in [6.07, 6.45) is 11.6. The van der Waals surface area contributed by atoms with Crippen LogP contribution in [0.1, 0.15) is 91.3 Å². The smallest absolute Gasteiger partial charge is 0.338 e. The van der Waals surface area contributed by atoms with E-state index in [0.29, 0.717) is 29.4 Å².